The van der Waals surface area contributed by atoms with Crippen LogP contribution in [0.1, 0.15) is 0 Å². The zero-order valence-electron chi connectivity index (χ0n) is 24.6. The summed E-state index contributed by atoms with van der Waals surface area (Å²) in [5.74, 6) is 0. The third-order valence-corrected chi connectivity index (χ3v) is 22.8. The smallest absolute Gasteiger partial charge is 0.0718 e. The third-order valence-electron chi connectivity index (χ3n) is 7.81. The molecule has 10 heteroatoms. The largest absolute Gasteiger partial charge is 0.133 e. The Kier molecular flexibility index (Phi) is 8.50. The first-order valence-electron chi connectivity index (χ1n) is 15.0. The highest BCUT2D eigenvalue weighted by Gasteiger charge is 2.39. The third kappa shape index (κ3) is 5.55. The number of hydrogen-bond acceptors (Lipinski definition) is 10. The summed E-state index contributed by atoms with van der Waals surface area (Å²) < 4.78 is 8.57. The zero-order chi connectivity index (χ0) is 31.6. The highest BCUT2D eigenvalue weighted by molar-refractivity contribution is 8.45. The molecule has 0 saturated heterocycles. The Morgan fingerprint density at radius 3 is 0.667 bits per heavy atom. The Labute approximate surface area is 321 Å². The molecule has 4 aliphatic rings. The van der Waals surface area contributed by atoms with E-state index >= 15 is 0 Å². The topological polar surface area (TPSA) is 0 Å². The predicted octanol–water partition coefficient (Wildman–Crippen LogP) is 15.9. The number of rotatable bonds is 4. The molecule has 232 valence electrons. The molecular formula is C38H20S10. The maximum absolute atomic E-state index is 2.25. The summed E-state index contributed by atoms with van der Waals surface area (Å²) in [6, 6.07) is 43.7. The van der Waals surface area contributed by atoms with E-state index in [-0.39, 0.29) is 0 Å². The number of fused-ring (bicyclic) bond motifs is 2. The van der Waals surface area contributed by atoms with Crippen LogP contribution < -0.4 is 0 Å². The summed E-state index contributed by atoms with van der Waals surface area (Å²) in [5.41, 5.74) is 5.21. The molecular weight excluding hydrogens is 777 g/mol. The molecule has 0 spiro atoms. The molecule has 0 amide bonds. The van der Waals surface area contributed by atoms with Crippen molar-refractivity contribution >= 4 is 117 Å². The van der Waals surface area contributed by atoms with Crippen molar-refractivity contribution in [3.8, 4) is 41.8 Å². The maximum Gasteiger partial charge on any atom is 0.0718 e. The van der Waals surface area contributed by atoms with Gasteiger partial charge in [-0.1, -0.05) is 215 Å². The van der Waals surface area contributed by atoms with Gasteiger partial charge in [0.2, 0.25) is 0 Å². The minimum atomic E-state index is 1.30. The van der Waals surface area contributed by atoms with Crippen LogP contribution in [0.4, 0.5) is 0 Å². The quantitative estimate of drug-likeness (QED) is 0.171. The van der Waals surface area contributed by atoms with E-state index in [1.807, 2.05) is 117 Å². The predicted molar refractivity (Wildman–Crippen MR) is 225 cm³/mol. The van der Waals surface area contributed by atoms with Crippen LogP contribution in [0, 0.1) is 0 Å². The zero-order valence-corrected chi connectivity index (χ0v) is 32.8. The minimum Gasteiger partial charge on any atom is -0.133 e. The van der Waals surface area contributed by atoms with Gasteiger partial charge in [-0.15, -0.1) is 22.7 Å². The molecule has 6 aromatic rings. The fourth-order valence-electron chi connectivity index (χ4n) is 5.62. The highest BCUT2D eigenvalue weighted by atomic mass is 32.3. The van der Waals surface area contributed by atoms with Gasteiger partial charge in [0.15, 0.2) is 0 Å². The van der Waals surface area contributed by atoms with Crippen LogP contribution in [-0.4, -0.2) is 0 Å². The lowest BCUT2D eigenvalue weighted by atomic mass is 10.1. The fraction of sp³-hybridized carbons (Fsp3) is 0. The summed E-state index contributed by atoms with van der Waals surface area (Å²) >= 11 is 19.7. The highest BCUT2D eigenvalue weighted by Crippen LogP contribution is 2.73. The molecule has 4 aliphatic heterocycles. The Bertz CT molecular complexity index is 1990. The van der Waals surface area contributed by atoms with E-state index in [1.165, 1.54) is 86.8 Å². The van der Waals surface area contributed by atoms with Crippen molar-refractivity contribution in [3.05, 3.63) is 147 Å². The van der Waals surface area contributed by atoms with Gasteiger partial charge in [0.1, 0.15) is 0 Å². The Balaban J connectivity index is 0.959. The van der Waals surface area contributed by atoms with Gasteiger partial charge in [0.25, 0.3) is 0 Å². The molecule has 2 aromatic heterocycles. The van der Waals surface area contributed by atoms with Crippen molar-refractivity contribution in [1.82, 2.24) is 0 Å². The monoisotopic (exact) mass is 796 g/mol. The van der Waals surface area contributed by atoms with Crippen molar-refractivity contribution in [2.75, 3.05) is 0 Å². The molecule has 0 fully saturated rings. The molecule has 48 heavy (non-hydrogen) atoms. The first-order valence-corrected chi connectivity index (χ1v) is 23.1. The first-order chi connectivity index (χ1) is 23.8. The second-order valence-electron chi connectivity index (χ2n) is 10.8. The van der Waals surface area contributed by atoms with Crippen LogP contribution in [0.5, 0.6) is 0 Å². The van der Waals surface area contributed by atoms with Gasteiger partial charge in [0.05, 0.1) is 44.9 Å². The molecule has 0 bridgehead atoms. The second-order valence-corrected chi connectivity index (χ2v) is 22.6. The summed E-state index contributed by atoms with van der Waals surface area (Å²) in [6.45, 7) is 0. The van der Waals surface area contributed by atoms with Crippen molar-refractivity contribution in [3.63, 3.8) is 0 Å². The van der Waals surface area contributed by atoms with Crippen LogP contribution in [-0.2, 0) is 0 Å². The van der Waals surface area contributed by atoms with Gasteiger partial charge in [-0.3, -0.25) is 0 Å². The van der Waals surface area contributed by atoms with Gasteiger partial charge in [-0.05, 0) is 22.3 Å². The van der Waals surface area contributed by atoms with E-state index in [4.69, 9.17) is 0 Å². The van der Waals surface area contributed by atoms with Crippen molar-refractivity contribution in [2.45, 2.75) is 19.6 Å². The van der Waals surface area contributed by atoms with E-state index in [2.05, 4.69) is 121 Å². The fourth-order valence-corrected chi connectivity index (χ4v) is 21.3. The molecule has 0 nitrogen and oxygen atoms in total. The SMILES string of the molecule is c1ccc(-c2sc(-c3ccccc3)c3c2SC2=C(SC(=C4SC5=C(S4)Sc4c(-c6ccccc6)sc(-c6ccccc6)c4S5)S2)S3)cc1. The van der Waals surface area contributed by atoms with Gasteiger partial charge < -0.3 is 0 Å². The average Bonchev–Trinajstić information content (AvgIpc) is 3.93. The number of hydrogen-bond donors (Lipinski definition) is 0. The van der Waals surface area contributed by atoms with E-state index in [9.17, 15) is 0 Å². The first kappa shape index (κ1) is 31.1. The van der Waals surface area contributed by atoms with Crippen molar-refractivity contribution in [2.24, 2.45) is 0 Å². The van der Waals surface area contributed by atoms with Crippen LogP contribution in [0.2, 0.25) is 0 Å². The molecule has 4 aromatic carbocycles. The van der Waals surface area contributed by atoms with Gasteiger partial charge in [-0.25, -0.2) is 0 Å². The normalized spacial score (nSPS) is 16.7. The van der Waals surface area contributed by atoms with E-state index in [1.54, 1.807) is 0 Å². The summed E-state index contributed by atoms with van der Waals surface area (Å²) in [7, 11) is 0. The lowest BCUT2D eigenvalue weighted by Crippen LogP contribution is -1.85. The molecule has 0 N–H and O–H groups in total. The lowest BCUT2D eigenvalue weighted by Gasteiger charge is -2.14. The van der Waals surface area contributed by atoms with E-state index < -0.39 is 0 Å². The lowest BCUT2D eigenvalue weighted by molar-refractivity contribution is 1.34. The number of thioether (sulfide) groups is 8. The van der Waals surface area contributed by atoms with Gasteiger partial charge in [-0.2, -0.15) is 0 Å². The van der Waals surface area contributed by atoms with Crippen LogP contribution in [0.25, 0.3) is 41.8 Å². The van der Waals surface area contributed by atoms with Gasteiger partial charge >= 0.3 is 0 Å². The van der Waals surface area contributed by atoms with Crippen LogP contribution in [0.3, 0.4) is 0 Å². The molecule has 10 rings (SSSR count). The molecule has 0 aliphatic carbocycles. The number of benzene rings is 4. The summed E-state index contributed by atoms with van der Waals surface area (Å²) in [4.78, 5) is 11.2. The molecule has 0 saturated carbocycles. The second kappa shape index (κ2) is 13.1. The van der Waals surface area contributed by atoms with Crippen LogP contribution in [0.15, 0.2) is 166 Å². The molecule has 0 radical (unpaired) electrons. The van der Waals surface area contributed by atoms with Crippen molar-refractivity contribution < 1.29 is 0 Å². The van der Waals surface area contributed by atoms with E-state index in [0.717, 1.165) is 0 Å². The molecule has 0 unspecified atom stereocenters. The maximum atomic E-state index is 2.25. The van der Waals surface area contributed by atoms with Gasteiger partial charge in [0, 0.05) is 19.6 Å². The minimum absolute atomic E-state index is 1.30. The van der Waals surface area contributed by atoms with E-state index in [0.29, 0.717) is 0 Å². The Morgan fingerprint density at radius 2 is 0.438 bits per heavy atom. The molecule has 6 heterocycles. The number of thiophene rings is 2. The summed E-state index contributed by atoms with van der Waals surface area (Å²) in [5, 5.41) is 0. The average molecular weight is 797 g/mol. The summed E-state index contributed by atoms with van der Waals surface area (Å²) in [6.07, 6.45) is 0. The van der Waals surface area contributed by atoms with Crippen molar-refractivity contribution in [1.29, 1.82) is 0 Å². The van der Waals surface area contributed by atoms with Crippen LogP contribution >= 0.6 is 117 Å². The Hall–Kier alpha value is -1.70. The Morgan fingerprint density at radius 1 is 0.229 bits per heavy atom. The standard InChI is InChI=1S/C38H20S10/c1-5-13-21(14-6-1)25-29-30(26(39-25)22-15-7-2-8-16-22)42-34-33(41-29)45-37(46-34)38-47-35-36(48-38)44-32-28(24-19-11-4-12-20-24)40-27(31(32)43-35)23-17-9-3-10-18-23/h1-20H. The molecule has 0 atom stereocenters.